The molecule has 0 saturated heterocycles. The van der Waals surface area contributed by atoms with E-state index in [1.165, 1.54) is 5.56 Å². The maximum atomic E-state index is 11.7. The summed E-state index contributed by atoms with van der Waals surface area (Å²) in [7, 11) is 4.14. The molecule has 0 aliphatic heterocycles. The van der Waals surface area contributed by atoms with Crippen molar-refractivity contribution in [3.05, 3.63) is 69.7 Å². The van der Waals surface area contributed by atoms with E-state index < -0.39 is 5.60 Å². The van der Waals surface area contributed by atoms with Crippen LogP contribution in [0.2, 0.25) is 10.0 Å². The van der Waals surface area contributed by atoms with Crippen LogP contribution in [0.15, 0.2) is 48.5 Å². The SMILES string of the molecule is CN(C)C1(C)CC(Cc2ccc(Cl)cc2)CCC1(O)Cc1ccccc1Cl. The van der Waals surface area contributed by atoms with Crippen LogP contribution in [-0.2, 0) is 12.8 Å². The molecule has 0 aromatic heterocycles. The van der Waals surface area contributed by atoms with Crippen LogP contribution in [0, 0.1) is 5.92 Å². The third-order valence-corrected chi connectivity index (χ3v) is 7.14. The van der Waals surface area contributed by atoms with Crippen LogP contribution in [0.5, 0.6) is 0 Å². The van der Waals surface area contributed by atoms with Gasteiger partial charge in [0.2, 0.25) is 0 Å². The van der Waals surface area contributed by atoms with Gasteiger partial charge in [0.1, 0.15) is 0 Å². The fourth-order valence-electron chi connectivity index (χ4n) is 4.53. The second-order valence-electron chi connectivity index (χ2n) is 8.41. The molecule has 1 saturated carbocycles. The summed E-state index contributed by atoms with van der Waals surface area (Å²) >= 11 is 12.4. The van der Waals surface area contributed by atoms with Crippen molar-refractivity contribution >= 4 is 23.2 Å². The Balaban J connectivity index is 1.81. The molecule has 0 amide bonds. The minimum Gasteiger partial charge on any atom is -0.388 e. The van der Waals surface area contributed by atoms with Gasteiger partial charge in [0, 0.05) is 22.0 Å². The summed E-state index contributed by atoms with van der Waals surface area (Å²) in [6.45, 7) is 2.19. The molecule has 1 aliphatic carbocycles. The van der Waals surface area contributed by atoms with Crippen molar-refractivity contribution in [1.29, 1.82) is 0 Å². The summed E-state index contributed by atoms with van der Waals surface area (Å²) in [5.41, 5.74) is 1.20. The number of halogens is 2. The van der Waals surface area contributed by atoms with Crippen LogP contribution in [0.3, 0.4) is 0 Å². The molecule has 0 spiro atoms. The molecule has 0 radical (unpaired) electrons. The van der Waals surface area contributed by atoms with Gasteiger partial charge < -0.3 is 10.0 Å². The fourth-order valence-corrected chi connectivity index (χ4v) is 4.86. The van der Waals surface area contributed by atoms with Crippen LogP contribution < -0.4 is 0 Å². The number of hydrogen-bond donors (Lipinski definition) is 1. The zero-order chi connectivity index (χ0) is 19.7. The van der Waals surface area contributed by atoms with Gasteiger partial charge in [0.15, 0.2) is 0 Å². The molecule has 1 N–H and O–H groups in total. The molecule has 3 atom stereocenters. The predicted octanol–water partition coefficient (Wildman–Crippen LogP) is 5.63. The Labute approximate surface area is 173 Å². The fraction of sp³-hybridized carbons (Fsp3) is 0.478. The number of hydrogen-bond acceptors (Lipinski definition) is 2. The van der Waals surface area contributed by atoms with Gasteiger partial charge in [-0.25, -0.2) is 0 Å². The molecule has 2 aromatic rings. The molecule has 3 rings (SSSR count). The second kappa shape index (κ2) is 8.13. The van der Waals surface area contributed by atoms with Crippen LogP contribution >= 0.6 is 23.2 Å². The lowest BCUT2D eigenvalue weighted by Gasteiger charge is -2.54. The quantitative estimate of drug-likeness (QED) is 0.696. The first kappa shape index (κ1) is 20.7. The first-order chi connectivity index (χ1) is 12.7. The Morgan fingerprint density at radius 1 is 1.07 bits per heavy atom. The smallest absolute Gasteiger partial charge is 0.0868 e. The Bertz CT molecular complexity index is 776. The zero-order valence-electron chi connectivity index (χ0n) is 16.4. The van der Waals surface area contributed by atoms with Crippen LogP contribution in [0.25, 0.3) is 0 Å². The first-order valence-corrected chi connectivity index (χ1v) is 10.4. The van der Waals surface area contributed by atoms with E-state index in [-0.39, 0.29) is 5.54 Å². The molecule has 0 bridgehead atoms. The molecule has 146 valence electrons. The second-order valence-corrected chi connectivity index (χ2v) is 9.25. The van der Waals surface area contributed by atoms with Gasteiger partial charge in [-0.05, 0) is 81.9 Å². The highest BCUT2D eigenvalue weighted by atomic mass is 35.5. The summed E-state index contributed by atoms with van der Waals surface area (Å²) < 4.78 is 0. The molecule has 4 heteroatoms. The van der Waals surface area contributed by atoms with Gasteiger partial charge >= 0.3 is 0 Å². The van der Waals surface area contributed by atoms with Crippen molar-refractivity contribution in [3.8, 4) is 0 Å². The van der Waals surface area contributed by atoms with Crippen molar-refractivity contribution in [2.24, 2.45) is 5.92 Å². The number of benzene rings is 2. The molecule has 1 fully saturated rings. The van der Waals surface area contributed by atoms with Gasteiger partial charge in [0.25, 0.3) is 0 Å². The largest absolute Gasteiger partial charge is 0.388 e. The topological polar surface area (TPSA) is 23.5 Å². The third-order valence-electron chi connectivity index (χ3n) is 6.52. The Morgan fingerprint density at radius 3 is 2.37 bits per heavy atom. The molecular weight excluding hydrogens is 377 g/mol. The molecule has 0 heterocycles. The number of likely N-dealkylation sites (N-methyl/N-ethyl adjacent to an activating group) is 1. The molecule has 1 aliphatic rings. The van der Waals surface area contributed by atoms with E-state index in [4.69, 9.17) is 23.2 Å². The summed E-state index contributed by atoms with van der Waals surface area (Å²) in [4.78, 5) is 2.19. The van der Waals surface area contributed by atoms with Crippen LogP contribution in [-0.4, -0.2) is 35.2 Å². The zero-order valence-corrected chi connectivity index (χ0v) is 17.9. The average Bonchev–Trinajstić information content (AvgIpc) is 2.62. The summed E-state index contributed by atoms with van der Waals surface area (Å²) in [5, 5.41) is 13.2. The lowest BCUT2D eigenvalue weighted by Crippen LogP contribution is -2.64. The van der Waals surface area contributed by atoms with Gasteiger partial charge in [-0.1, -0.05) is 53.5 Å². The highest BCUT2D eigenvalue weighted by molar-refractivity contribution is 6.31. The van der Waals surface area contributed by atoms with Crippen molar-refractivity contribution in [2.45, 2.75) is 50.2 Å². The lowest BCUT2D eigenvalue weighted by molar-refractivity contribution is -0.128. The highest BCUT2D eigenvalue weighted by Crippen LogP contribution is 2.46. The maximum Gasteiger partial charge on any atom is 0.0868 e. The van der Waals surface area contributed by atoms with Crippen molar-refractivity contribution in [3.63, 3.8) is 0 Å². The summed E-state index contributed by atoms with van der Waals surface area (Å²) in [6, 6.07) is 16.0. The molecule has 2 nitrogen and oxygen atoms in total. The minimum atomic E-state index is -0.808. The molecule has 2 aromatic carbocycles. The van der Waals surface area contributed by atoms with E-state index in [1.807, 2.05) is 36.4 Å². The van der Waals surface area contributed by atoms with Crippen LogP contribution in [0.1, 0.15) is 37.3 Å². The van der Waals surface area contributed by atoms with Gasteiger partial charge in [-0.15, -0.1) is 0 Å². The molecular formula is C23H29Cl2NO. The Morgan fingerprint density at radius 2 is 1.74 bits per heavy atom. The van der Waals surface area contributed by atoms with Gasteiger partial charge in [-0.2, -0.15) is 0 Å². The minimum absolute atomic E-state index is 0.318. The van der Waals surface area contributed by atoms with Crippen molar-refractivity contribution in [1.82, 2.24) is 4.90 Å². The lowest BCUT2D eigenvalue weighted by atomic mass is 9.62. The Hall–Kier alpha value is -1.06. The van der Waals surface area contributed by atoms with E-state index in [0.29, 0.717) is 12.3 Å². The van der Waals surface area contributed by atoms with Gasteiger partial charge in [-0.3, -0.25) is 0 Å². The molecule has 3 unspecified atom stereocenters. The maximum absolute atomic E-state index is 11.7. The number of nitrogens with zero attached hydrogens (tertiary/aromatic N) is 1. The number of aliphatic hydroxyl groups is 1. The third kappa shape index (κ3) is 4.35. The first-order valence-electron chi connectivity index (χ1n) is 9.61. The summed E-state index contributed by atoms with van der Waals surface area (Å²) in [6.07, 6.45) is 4.32. The van der Waals surface area contributed by atoms with Crippen molar-refractivity contribution < 1.29 is 5.11 Å². The van der Waals surface area contributed by atoms with Crippen LogP contribution in [0.4, 0.5) is 0 Å². The average molecular weight is 406 g/mol. The van der Waals surface area contributed by atoms with E-state index in [1.54, 1.807) is 0 Å². The van der Waals surface area contributed by atoms with E-state index in [0.717, 1.165) is 41.3 Å². The van der Waals surface area contributed by atoms with E-state index in [2.05, 4.69) is 38.1 Å². The summed E-state index contributed by atoms with van der Waals surface area (Å²) in [5.74, 6) is 0.532. The predicted molar refractivity (Wildman–Crippen MR) is 115 cm³/mol. The van der Waals surface area contributed by atoms with Crippen molar-refractivity contribution in [2.75, 3.05) is 14.1 Å². The molecule has 27 heavy (non-hydrogen) atoms. The monoisotopic (exact) mass is 405 g/mol. The highest BCUT2D eigenvalue weighted by Gasteiger charge is 2.52. The Kier molecular flexibility index (Phi) is 6.22. The standard InChI is InChI=1S/C23H29Cl2NO/c1-22(26(2)3)15-18(14-17-8-10-20(24)11-9-17)12-13-23(22,27)16-19-6-4-5-7-21(19)25/h4-11,18,27H,12-16H2,1-3H3. The van der Waals surface area contributed by atoms with Gasteiger partial charge in [0.05, 0.1) is 5.60 Å². The number of rotatable bonds is 5. The van der Waals surface area contributed by atoms with E-state index in [9.17, 15) is 5.11 Å². The van der Waals surface area contributed by atoms with E-state index >= 15 is 0 Å². The normalized spacial score (nSPS) is 28.5.